The predicted molar refractivity (Wildman–Crippen MR) is 297 cm³/mol. The van der Waals surface area contributed by atoms with Crippen molar-refractivity contribution in [2.24, 2.45) is 0 Å². The average Bonchev–Trinajstić information content (AvgIpc) is 3.34. The summed E-state index contributed by atoms with van der Waals surface area (Å²) in [5, 5.41) is 9.64. The molecule has 0 heterocycles. The number of rotatable bonds is 48. The average molecular weight is 937 g/mol. The molecule has 0 aliphatic rings. The molecule has 68 heavy (non-hydrogen) atoms. The lowest BCUT2D eigenvalue weighted by molar-refractivity contribution is -0.161. The lowest BCUT2D eigenvalue weighted by Gasteiger charge is -2.15. The fraction of sp³-hybridized carbons (Fsp3) is 0.587. The zero-order valence-corrected chi connectivity index (χ0v) is 43.6. The van der Waals surface area contributed by atoms with Crippen LogP contribution in [0.15, 0.2) is 146 Å². The fourth-order valence-corrected chi connectivity index (χ4v) is 7.02. The van der Waals surface area contributed by atoms with E-state index in [0.717, 1.165) is 135 Å². The highest BCUT2D eigenvalue weighted by Gasteiger charge is 2.16. The molecule has 0 saturated heterocycles. The lowest BCUT2D eigenvalue weighted by Crippen LogP contribution is -2.28. The number of aliphatic hydroxyl groups excluding tert-OH is 1. The Kier molecular flexibility index (Phi) is 53.6. The van der Waals surface area contributed by atoms with E-state index in [1.165, 1.54) is 57.8 Å². The van der Waals surface area contributed by atoms with Crippen LogP contribution in [-0.4, -0.2) is 36.4 Å². The topological polar surface area (TPSA) is 72.8 Å². The quantitative estimate of drug-likeness (QED) is 0.0374. The van der Waals surface area contributed by atoms with Crippen LogP contribution in [0.1, 0.15) is 219 Å². The minimum atomic E-state index is -0.800. The minimum Gasteiger partial charge on any atom is -0.462 e. The maximum absolute atomic E-state index is 12.3. The van der Waals surface area contributed by atoms with Gasteiger partial charge in [-0.25, -0.2) is 0 Å². The molecule has 1 unspecified atom stereocenters. The third kappa shape index (κ3) is 54.4. The lowest BCUT2D eigenvalue weighted by atomic mass is 10.1. The van der Waals surface area contributed by atoms with E-state index in [4.69, 9.17) is 9.47 Å². The Balaban J connectivity index is 3.67. The highest BCUT2D eigenvalue weighted by molar-refractivity contribution is 5.70. The molecule has 1 atom stereocenters. The largest absolute Gasteiger partial charge is 0.462 e. The van der Waals surface area contributed by atoms with Crippen molar-refractivity contribution in [3.05, 3.63) is 146 Å². The summed E-state index contributed by atoms with van der Waals surface area (Å²) in [5.74, 6) is -0.638. The van der Waals surface area contributed by atoms with Crippen molar-refractivity contribution in [3.8, 4) is 0 Å². The SMILES string of the molecule is CC/C=C\C/C=C\C/C=C\C/C=C\C/C=C\C/C=C\C/C=C\C/C=C\C/C=C\CCCCCCCC(=O)OC(CO)COC(=O)CCCCCCCC/C=C\C/C=C\C/C=C\CCCCCCC. The van der Waals surface area contributed by atoms with Gasteiger partial charge in [-0.2, -0.15) is 0 Å². The Bertz CT molecular complexity index is 1480. The second-order valence-corrected chi connectivity index (χ2v) is 17.6. The van der Waals surface area contributed by atoms with E-state index in [2.05, 4.69) is 160 Å². The Morgan fingerprint density at radius 1 is 0.353 bits per heavy atom. The Labute approximate surface area is 418 Å². The molecule has 0 aliphatic heterocycles. The van der Waals surface area contributed by atoms with Gasteiger partial charge in [0, 0.05) is 12.8 Å². The fourth-order valence-electron chi connectivity index (χ4n) is 7.02. The van der Waals surface area contributed by atoms with Crippen molar-refractivity contribution in [1.82, 2.24) is 0 Å². The normalized spacial score (nSPS) is 13.4. The Hall–Kier alpha value is -4.22. The highest BCUT2D eigenvalue weighted by atomic mass is 16.6. The number of ether oxygens (including phenoxy) is 2. The van der Waals surface area contributed by atoms with Crippen LogP contribution < -0.4 is 0 Å². The summed E-state index contributed by atoms with van der Waals surface area (Å²) >= 11 is 0. The third-order valence-electron chi connectivity index (χ3n) is 11.1. The van der Waals surface area contributed by atoms with Crippen LogP contribution in [0.4, 0.5) is 0 Å². The number of hydrogen-bond acceptors (Lipinski definition) is 5. The smallest absolute Gasteiger partial charge is 0.306 e. The molecular formula is C63H100O5. The first kappa shape index (κ1) is 63.8. The van der Waals surface area contributed by atoms with E-state index in [0.29, 0.717) is 12.8 Å². The molecule has 0 rings (SSSR count). The van der Waals surface area contributed by atoms with Gasteiger partial charge in [-0.1, -0.05) is 230 Å². The van der Waals surface area contributed by atoms with Gasteiger partial charge >= 0.3 is 11.9 Å². The maximum atomic E-state index is 12.3. The van der Waals surface area contributed by atoms with Crippen molar-refractivity contribution in [2.75, 3.05) is 13.2 Å². The molecule has 1 N–H and O–H groups in total. The molecule has 0 fully saturated rings. The number of esters is 2. The van der Waals surface area contributed by atoms with E-state index >= 15 is 0 Å². The molecule has 0 aromatic carbocycles. The van der Waals surface area contributed by atoms with Crippen LogP contribution >= 0.6 is 0 Å². The molecular weight excluding hydrogens is 837 g/mol. The second kappa shape index (κ2) is 57.1. The van der Waals surface area contributed by atoms with Crippen LogP contribution in [0.5, 0.6) is 0 Å². The number of carbonyl (C=O) groups excluding carboxylic acids is 2. The molecule has 382 valence electrons. The summed E-state index contributed by atoms with van der Waals surface area (Å²) in [6, 6.07) is 0. The summed E-state index contributed by atoms with van der Waals surface area (Å²) < 4.78 is 10.7. The molecule has 5 heteroatoms. The first-order valence-corrected chi connectivity index (χ1v) is 27.4. The second-order valence-electron chi connectivity index (χ2n) is 17.6. The predicted octanol–water partition coefficient (Wildman–Crippen LogP) is 18.6. The van der Waals surface area contributed by atoms with Crippen molar-refractivity contribution in [2.45, 2.75) is 225 Å². The van der Waals surface area contributed by atoms with Crippen LogP contribution in [-0.2, 0) is 19.1 Å². The Morgan fingerprint density at radius 2 is 0.632 bits per heavy atom. The number of unbranched alkanes of at least 4 members (excludes halogenated alkanes) is 16. The van der Waals surface area contributed by atoms with Gasteiger partial charge in [0.15, 0.2) is 6.10 Å². The minimum absolute atomic E-state index is 0.0905. The van der Waals surface area contributed by atoms with Gasteiger partial charge in [-0.05, 0) is 122 Å². The maximum Gasteiger partial charge on any atom is 0.306 e. The van der Waals surface area contributed by atoms with Crippen LogP contribution in [0.3, 0.4) is 0 Å². The summed E-state index contributed by atoms with van der Waals surface area (Å²) in [7, 11) is 0. The van der Waals surface area contributed by atoms with Gasteiger partial charge in [-0.3, -0.25) is 9.59 Å². The highest BCUT2D eigenvalue weighted by Crippen LogP contribution is 2.12. The van der Waals surface area contributed by atoms with E-state index in [1.54, 1.807) is 0 Å². The number of hydrogen-bond donors (Lipinski definition) is 1. The first-order valence-electron chi connectivity index (χ1n) is 27.4. The molecule has 0 spiro atoms. The summed E-state index contributed by atoms with van der Waals surface area (Å²) in [4.78, 5) is 24.5. The van der Waals surface area contributed by atoms with Gasteiger partial charge in [0.1, 0.15) is 6.61 Å². The van der Waals surface area contributed by atoms with Gasteiger partial charge in [0.25, 0.3) is 0 Å². The summed E-state index contributed by atoms with van der Waals surface area (Å²) in [5.41, 5.74) is 0. The number of carbonyl (C=O) groups is 2. The number of aliphatic hydroxyl groups is 1. The molecule has 0 amide bonds. The molecule has 0 bridgehead atoms. The monoisotopic (exact) mass is 937 g/mol. The molecule has 0 saturated carbocycles. The van der Waals surface area contributed by atoms with Crippen LogP contribution in [0, 0.1) is 0 Å². The zero-order valence-electron chi connectivity index (χ0n) is 43.6. The Morgan fingerprint density at radius 3 is 0.956 bits per heavy atom. The van der Waals surface area contributed by atoms with Gasteiger partial charge in [0.2, 0.25) is 0 Å². The third-order valence-corrected chi connectivity index (χ3v) is 11.1. The van der Waals surface area contributed by atoms with E-state index in [-0.39, 0.29) is 25.2 Å². The van der Waals surface area contributed by atoms with E-state index in [9.17, 15) is 14.7 Å². The summed E-state index contributed by atoms with van der Waals surface area (Å²) in [6.45, 7) is 3.98. The zero-order chi connectivity index (χ0) is 49.2. The molecule has 0 aromatic rings. The molecule has 0 aromatic heterocycles. The van der Waals surface area contributed by atoms with Crippen molar-refractivity contribution in [3.63, 3.8) is 0 Å². The van der Waals surface area contributed by atoms with Gasteiger partial charge in [0.05, 0.1) is 6.61 Å². The van der Waals surface area contributed by atoms with Gasteiger partial charge < -0.3 is 14.6 Å². The molecule has 0 aliphatic carbocycles. The van der Waals surface area contributed by atoms with Crippen molar-refractivity contribution in [1.29, 1.82) is 0 Å². The molecule has 0 radical (unpaired) electrons. The van der Waals surface area contributed by atoms with Crippen molar-refractivity contribution < 1.29 is 24.2 Å². The van der Waals surface area contributed by atoms with Crippen LogP contribution in [0.2, 0.25) is 0 Å². The van der Waals surface area contributed by atoms with E-state index in [1.807, 2.05) is 0 Å². The molecule has 5 nitrogen and oxygen atoms in total. The summed E-state index contributed by atoms with van der Waals surface area (Å²) in [6.07, 6.45) is 86.5. The number of allylic oxidation sites excluding steroid dienone is 24. The first-order chi connectivity index (χ1) is 33.6. The van der Waals surface area contributed by atoms with Crippen LogP contribution in [0.25, 0.3) is 0 Å². The van der Waals surface area contributed by atoms with Gasteiger partial charge in [-0.15, -0.1) is 0 Å². The van der Waals surface area contributed by atoms with Crippen molar-refractivity contribution >= 4 is 11.9 Å². The van der Waals surface area contributed by atoms with E-state index < -0.39 is 6.10 Å². The standard InChI is InChI=1S/C63H100O5/c1-3-5-7-9-11-13-15-17-19-21-23-25-26-27-28-29-30-31-32-33-34-35-36-38-40-42-44-46-48-50-52-54-56-58-63(66)68-61(59-64)60-67-62(65)57-55-53-51-49-47-45-43-41-39-37-24-22-20-18-16-14-12-10-8-6-4-2/h5,7,11,13,16-19,22-25,27-28,30-31,33-34,36,38-39,41-42,44,61,64H,3-4,6,8-10,12,14-15,20-21,26,29,32,35,37,40,43,45-60H2,1-2H3/b7-5-,13-11-,18-16-,19-17-,24-22-,25-23-,28-27-,31-30-,34-33-,38-36-,41-39-,44-42-.